The molecular weight excluding hydrogens is 521 g/mol. The van der Waals surface area contributed by atoms with Crippen LogP contribution in [0.1, 0.15) is 24.5 Å². The predicted molar refractivity (Wildman–Crippen MR) is 145 cm³/mol. The van der Waals surface area contributed by atoms with E-state index in [-0.39, 0.29) is 12.0 Å². The Kier molecular flexibility index (Phi) is 8.85. The lowest BCUT2D eigenvalue weighted by Gasteiger charge is -2.35. The Balaban J connectivity index is 1.44. The van der Waals surface area contributed by atoms with Crippen LogP contribution in [-0.4, -0.2) is 72.1 Å². The lowest BCUT2D eigenvalue weighted by Crippen LogP contribution is -2.46. The van der Waals surface area contributed by atoms with Crippen molar-refractivity contribution in [2.45, 2.75) is 30.9 Å². The minimum atomic E-state index is -0.903. The normalized spacial score (nSPS) is 18.3. The number of aliphatic carboxylic acids is 1. The summed E-state index contributed by atoms with van der Waals surface area (Å²) in [5.74, 6) is -0.974. The highest BCUT2D eigenvalue weighted by molar-refractivity contribution is 7.97. The Bertz CT molecular complexity index is 1180. The average molecular weight is 551 g/mol. The first-order valence-corrected chi connectivity index (χ1v) is 13.3. The van der Waals surface area contributed by atoms with Crippen LogP contribution in [0.4, 0.5) is 5.69 Å². The number of carbonyl (C=O) groups is 2. The van der Waals surface area contributed by atoms with E-state index >= 15 is 0 Å². The van der Waals surface area contributed by atoms with Gasteiger partial charge in [0.15, 0.2) is 0 Å². The molecule has 0 bridgehead atoms. The molecule has 0 saturated carbocycles. The number of hydrogen-bond donors (Lipinski definition) is 1. The van der Waals surface area contributed by atoms with Gasteiger partial charge in [0.25, 0.3) is 0 Å². The van der Waals surface area contributed by atoms with Crippen LogP contribution in [0, 0.1) is 0 Å². The second kappa shape index (κ2) is 11.9. The molecule has 1 amide bonds. The van der Waals surface area contributed by atoms with Crippen molar-refractivity contribution in [3.63, 3.8) is 0 Å². The van der Waals surface area contributed by atoms with Crippen molar-refractivity contribution in [1.29, 1.82) is 0 Å². The number of carbonyl (C=O) groups excluding carboxylic acids is 1. The van der Waals surface area contributed by atoms with Gasteiger partial charge in [-0.3, -0.25) is 14.0 Å². The number of carboxylic acid groups (broad SMARTS) is 1. The van der Waals surface area contributed by atoms with Crippen LogP contribution in [0.15, 0.2) is 46.9 Å². The van der Waals surface area contributed by atoms with Crippen molar-refractivity contribution in [2.24, 2.45) is 0 Å². The van der Waals surface area contributed by atoms with Crippen LogP contribution in [0.3, 0.4) is 0 Å². The molecule has 2 aromatic rings. The number of benzene rings is 2. The summed E-state index contributed by atoms with van der Waals surface area (Å²) in [5.41, 5.74) is 3.26. The third kappa shape index (κ3) is 6.75. The number of hydrogen-bond acceptors (Lipinski definition) is 6. The van der Waals surface area contributed by atoms with Crippen molar-refractivity contribution >= 4 is 58.8 Å². The van der Waals surface area contributed by atoms with E-state index in [0.717, 1.165) is 34.8 Å². The highest BCUT2D eigenvalue weighted by Gasteiger charge is 2.25. The molecule has 1 N–H and O–H groups in total. The van der Waals surface area contributed by atoms with Gasteiger partial charge < -0.3 is 14.7 Å². The van der Waals surface area contributed by atoms with Gasteiger partial charge in [0.2, 0.25) is 5.91 Å². The number of ether oxygens (including phenoxy) is 1. The third-order valence-corrected chi connectivity index (χ3v) is 8.11. The van der Waals surface area contributed by atoms with Crippen LogP contribution in [0.5, 0.6) is 0 Å². The number of fused-ring (bicyclic) bond motifs is 1. The van der Waals surface area contributed by atoms with E-state index in [0.29, 0.717) is 48.3 Å². The number of amides is 1. The summed E-state index contributed by atoms with van der Waals surface area (Å²) >= 11 is 13.6. The van der Waals surface area contributed by atoms with E-state index in [1.807, 2.05) is 37.4 Å². The van der Waals surface area contributed by atoms with Gasteiger partial charge >= 0.3 is 5.97 Å². The van der Waals surface area contributed by atoms with E-state index < -0.39 is 5.97 Å². The van der Waals surface area contributed by atoms with Gasteiger partial charge in [0.1, 0.15) is 0 Å². The van der Waals surface area contributed by atoms with E-state index in [1.165, 1.54) is 11.9 Å². The van der Waals surface area contributed by atoms with Crippen LogP contribution < -0.4 is 4.90 Å². The Labute approximate surface area is 225 Å². The molecule has 36 heavy (non-hydrogen) atoms. The molecule has 0 spiro atoms. The summed E-state index contributed by atoms with van der Waals surface area (Å²) in [4.78, 5) is 29.3. The number of carboxylic acids is 1. The third-order valence-electron chi connectivity index (χ3n) is 6.28. The first kappa shape index (κ1) is 26.8. The Morgan fingerprint density at radius 1 is 1.17 bits per heavy atom. The maximum absolute atomic E-state index is 12.5. The van der Waals surface area contributed by atoms with Crippen molar-refractivity contribution in [2.75, 3.05) is 44.7 Å². The predicted octanol–water partition coefficient (Wildman–Crippen LogP) is 5.06. The van der Waals surface area contributed by atoms with Gasteiger partial charge in [-0.25, -0.2) is 4.79 Å². The molecule has 0 aromatic heterocycles. The molecule has 2 heterocycles. The standard InChI is InChI=1S/C26H29Cl2N3O4S/c1-17(32)31(16-21-15-30(9-10-35-21)14-18-3-5-23(27)24(28)11-18)36-22-4-6-25-20(13-22)12-19(26(33)34)7-8-29(25)2/h3-6,11-13,21H,7-10,14-16H2,1-2H3,(H,33,34)/t21-/m0/s1. The summed E-state index contributed by atoms with van der Waals surface area (Å²) < 4.78 is 7.70. The zero-order chi connectivity index (χ0) is 25.8. The number of morpholine rings is 1. The quantitative estimate of drug-likeness (QED) is 0.484. The minimum absolute atomic E-state index is 0.0703. The summed E-state index contributed by atoms with van der Waals surface area (Å²) in [5, 5.41) is 10.6. The molecule has 0 unspecified atom stereocenters. The van der Waals surface area contributed by atoms with Gasteiger partial charge in [-0.05, 0) is 65.9 Å². The van der Waals surface area contributed by atoms with Crippen LogP contribution in [0.25, 0.3) is 6.08 Å². The van der Waals surface area contributed by atoms with E-state index in [4.69, 9.17) is 27.9 Å². The van der Waals surface area contributed by atoms with Crippen LogP contribution in [0.2, 0.25) is 10.0 Å². The Hall–Kier alpha value is -2.23. The maximum Gasteiger partial charge on any atom is 0.331 e. The highest BCUT2D eigenvalue weighted by Crippen LogP contribution is 2.33. The molecule has 7 nitrogen and oxygen atoms in total. The highest BCUT2D eigenvalue weighted by atomic mass is 35.5. The molecule has 2 aromatic carbocycles. The monoisotopic (exact) mass is 549 g/mol. The van der Waals surface area contributed by atoms with Crippen molar-refractivity contribution in [1.82, 2.24) is 9.21 Å². The Morgan fingerprint density at radius 3 is 2.69 bits per heavy atom. The lowest BCUT2D eigenvalue weighted by molar-refractivity contribution is -0.132. The molecule has 1 fully saturated rings. The molecule has 4 rings (SSSR count). The number of rotatable bonds is 7. The van der Waals surface area contributed by atoms with Crippen LogP contribution in [-0.2, 0) is 20.9 Å². The molecule has 0 radical (unpaired) electrons. The second-order valence-electron chi connectivity index (χ2n) is 9.01. The van der Waals surface area contributed by atoms with Gasteiger partial charge in [0, 0.05) is 56.3 Å². The summed E-state index contributed by atoms with van der Waals surface area (Å²) in [6.45, 7) is 5.39. The Morgan fingerprint density at radius 2 is 1.97 bits per heavy atom. The molecular formula is C26H29Cl2N3O4S. The largest absolute Gasteiger partial charge is 0.478 e. The average Bonchev–Trinajstić information content (AvgIpc) is 3.00. The smallest absolute Gasteiger partial charge is 0.331 e. The zero-order valence-corrected chi connectivity index (χ0v) is 22.6. The molecule has 2 aliphatic rings. The second-order valence-corrected chi connectivity index (χ2v) is 10.9. The minimum Gasteiger partial charge on any atom is -0.478 e. The van der Waals surface area contributed by atoms with Crippen LogP contribution >= 0.6 is 35.1 Å². The molecule has 1 atom stereocenters. The molecule has 0 aliphatic carbocycles. The van der Waals surface area contributed by atoms with Gasteiger partial charge in [0.05, 0.1) is 29.3 Å². The van der Waals surface area contributed by atoms with Gasteiger partial charge in [-0.1, -0.05) is 29.3 Å². The van der Waals surface area contributed by atoms with E-state index in [1.54, 1.807) is 23.4 Å². The first-order valence-electron chi connectivity index (χ1n) is 11.7. The molecule has 1 saturated heterocycles. The number of anilines is 1. The first-order chi connectivity index (χ1) is 17.2. The zero-order valence-electron chi connectivity index (χ0n) is 20.2. The van der Waals surface area contributed by atoms with Gasteiger partial charge in [-0.2, -0.15) is 0 Å². The topological polar surface area (TPSA) is 73.3 Å². The summed E-state index contributed by atoms with van der Waals surface area (Å²) in [7, 11) is 1.95. The molecule has 192 valence electrons. The van der Waals surface area contributed by atoms with Crippen molar-refractivity contribution in [3.05, 3.63) is 63.1 Å². The van der Waals surface area contributed by atoms with Crippen molar-refractivity contribution < 1.29 is 19.4 Å². The van der Waals surface area contributed by atoms with E-state index in [9.17, 15) is 14.7 Å². The number of nitrogens with zero attached hydrogens (tertiary/aromatic N) is 3. The maximum atomic E-state index is 12.5. The van der Waals surface area contributed by atoms with Gasteiger partial charge in [-0.15, -0.1) is 0 Å². The van der Waals surface area contributed by atoms with Crippen molar-refractivity contribution in [3.8, 4) is 0 Å². The fourth-order valence-electron chi connectivity index (χ4n) is 4.36. The fourth-order valence-corrected chi connectivity index (χ4v) is 5.62. The molecule has 2 aliphatic heterocycles. The van der Waals surface area contributed by atoms with E-state index in [2.05, 4.69) is 9.80 Å². The number of halogens is 2. The SMILES string of the molecule is CC(=O)N(C[C@@H]1CN(Cc2ccc(Cl)c(Cl)c2)CCO1)Sc1ccc2c(c1)C=C(C(=O)O)CCN2C. The summed E-state index contributed by atoms with van der Waals surface area (Å²) in [6.07, 6.45) is 2.07. The molecule has 10 heteroatoms. The lowest BCUT2D eigenvalue weighted by atomic mass is 10.1. The summed E-state index contributed by atoms with van der Waals surface area (Å²) in [6, 6.07) is 11.5. The fraction of sp³-hybridized carbons (Fsp3) is 0.385.